The standard InChI is InChI=1S/C41H50N10O4.C28H41N7O.C2H7N/c1-27(28-14-15-35(42-22-28)44-39-43-23-29-21-34(38(54)46(2)3)50(37(29)45-39)30-9-5-6-10-30)48-18-16-41(17-19-48)25-49(26-41)32-12-7-13-33-36(32)47(4)40(55)51(33)31(24-53)11-8-20-52;1-8-19(3)35-23(26(36)33(6)7)16-22-18-30-27(32-25(22)35)31-24-11-10-21(17-29-24)20(4)34-14-12-28(5,9-2)13-15-34;1-3-2/h7,12-15,20-24,27,30-31H,5-6,8-11,16-19,25-26H2,1-4H3,(H,42,43,44,45);10-11,16-20H,8-9,12-15H2,1-7H3,(H,29,30,31,32);3H,1-2H3. The van der Waals surface area contributed by atoms with Gasteiger partial charge in [-0.15, -0.1) is 0 Å². The molecule has 1 saturated carbocycles. The van der Waals surface area contributed by atoms with Crippen LogP contribution in [-0.2, 0) is 16.6 Å². The van der Waals surface area contributed by atoms with E-state index in [1.54, 1.807) is 62.0 Å². The molecule has 0 bridgehead atoms. The number of pyridine rings is 2. The fraction of sp³-hybridized carbons (Fsp3) is 0.535. The second-order valence-corrected chi connectivity index (χ2v) is 27.3. The summed E-state index contributed by atoms with van der Waals surface area (Å²) < 4.78 is 7.31. The largest absolute Gasteiger partial charge is 0.369 e. The van der Waals surface area contributed by atoms with Gasteiger partial charge in [-0.3, -0.25) is 28.5 Å². The Balaban J connectivity index is 0.000000214. The van der Waals surface area contributed by atoms with E-state index in [2.05, 4.69) is 110 Å². The van der Waals surface area contributed by atoms with Crippen molar-refractivity contribution in [3.8, 4) is 0 Å². The fourth-order valence-corrected chi connectivity index (χ4v) is 14.1. The minimum absolute atomic E-state index is 0.0296. The lowest BCUT2D eigenvalue weighted by Crippen LogP contribution is -2.60. The van der Waals surface area contributed by atoms with Crippen molar-refractivity contribution in [1.82, 2.24) is 73.1 Å². The number of likely N-dealkylation sites (tertiary alicyclic amines) is 2. The first-order valence-electron chi connectivity index (χ1n) is 33.7. The second-order valence-electron chi connectivity index (χ2n) is 27.3. The van der Waals surface area contributed by atoms with Crippen molar-refractivity contribution in [2.45, 2.75) is 149 Å². The summed E-state index contributed by atoms with van der Waals surface area (Å²) >= 11 is 0. The Kier molecular flexibility index (Phi) is 21.5. The van der Waals surface area contributed by atoms with Gasteiger partial charge < -0.3 is 49.4 Å². The van der Waals surface area contributed by atoms with E-state index in [0.29, 0.717) is 52.8 Å². The van der Waals surface area contributed by atoms with Gasteiger partial charge in [-0.1, -0.05) is 58.2 Å². The molecule has 23 heteroatoms. The second kappa shape index (κ2) is 29.5. The molecule has 1 aromatic carbocycles. The minimum atomic E-state index is -0.673. The summed E-state index contributed by atoms with van der Waals surface area (Å²) in [6, 6.07) is 18.2. The van der Waals surface area contributed by atoms with E-state index in [9.17, 15) is 24.0 Å². The van der Waals surface area contributed by atoms with Crippen LogP contribution >= 0.6 is 0 Å². The highest BCUT2D eigenvalue weighted by atomic mass is 16.2. The number of aryl methyl sites for hydroxylation is 1. The third-order valence-electron chi connectivity index (χ3n) is 20.5. The van der Waals surface area contributed by atoms with Crippen LogP contribution in [0.15, 0.2) is 84.2 Å². The Bertz CT molecular complexity index is 3990. The first-order valence-corrected chi connectivity index (χ1v) is 33.7. The van der Waals surface area contributed by atoms with Crippen LogP contribution in [-0.4, -0.2) is 174 Å². The van der Waals surface area contributed by atoms with E-state index < -0.39 is 6.04 Å². The number of rotatable bonds is 20. The lowest BCUT2D eigenvalue weighted by atomic mass is 9.71. The quantitative estimate of drug-likeness (QED) is 0.0602. The summed E-state index contributed by atoms with van der Waals surface area (Å²) in [4.78, 5) is 101. The average Bonchev–Trinajstić information content (AvgIpc) is 1.48. The van der Waals surface area contributed by atoms with Crippen LogP contribution in [0.2, 0.25) is 0 Å². The summed E-state index contributed by atoms with van der Waals surface area (Å²) in [5, 5.41) is 11.0. The molecule has 1 aliphatic carbocycles. The molecule has 8 aromatic rings. The van der Waals surface area contributed by atoms with Gasteiger partial charge in [-0.05, 0) is 165 Å². The number of para-hydroxylation sites is 1. The van der Waals surface area contributed by atoms with E-state index in [1.165, 1.54) is 29.4 Å². The molecule has 0 radical (unpaired) electrons. The van der Waals surface area contributed by atoms with Gasteiger partial charge in [0.2, 0.25) is 11.9 Å². The highest BCUT2D eigenvalue weighted by Crippen LogP contribution is 2.46. The molecule has 7 aromatic heterocycles. The van der Waals surface area contributed by atoms with Crippen LogP contribution in [0.5, 0.6) is 0 Å². The smallest absolute Gasteiger partial charge is 0.329 e. The number of benzene rings is 1. The highest BCUT2D eigenvalue weighted by Gasteiger charge is 2.46. The molecule has 3 aliphatic heterocycles. The zero-order valence-electron chi connectivity index (χ0n) is 57.5. The van der Waals surface area contributed by atoms with Crippen molar-refractivity contribution in [2.24, 2.45) is 17.9 Å². The number of nitrogens with zero attached hydrogens (tertiary/aromatic N) is 15. The molecule has 4 unspecified atom stereocenters. The number of hydrogen-bond acceptors (Lipinski definition) is 17. The first kappa shape index (κ1) is 68.4. The van der Waals surface area contributed by atoms with Gasteiger partial charge >= 0.3 is 5.69 Å². The van der Waals surface area contributed by atoms with Crippen molar-refractivity contribution in [2.75, 3.05) is 97.1 Å². The molecular formula is C71H98N18O5. The van der Waals surface area contributed by atoms with E-state index in [4.69, 9.17) is 15.0 Å². The molecule has 2 amide bonds. The highest BCUT2D eigenvalue weighted by molar-refractivity contribution is 5.99. The van der Waals surface area contributed by atoms with Crippen molar-refractivity contribution < 1.29 is 19.2 Å². The summed E-state index contributed by atoms with van der Waals surface area (Å²) in [5.41, 5.74) is 8.20. The maximum absolute atomic E-state index is 13.3. The zero-order valence-corrected chi connectivity index (χ0v) is 57.5. The van der Waals surface area contributed by atoms with E-state index in [0.717, 1.165) is 141 Å². The number of carbonyl (C=O) groups is 4. The number of fused-ring (bicyclic) bond motifs is 3. The van der Waals surface area contributed by atoms with Crippen molar-refractivity contribution in [1.29, 1.82) is 0 Å². The Morgan fingerprint density at radius 3 is 1.74 bits per heavy atom. The predicted octanol–water partition coefficient (Wildman–Crippen LogP) is 11.1. The Morgan fingerprint density at radius 2 is 1.23 bits per heavy atom. The number of anilines is 5. The number of imidazole rings is 1. The lowest BCUT2D eigenvalue weighted by Gasteiger charge is -2.55. The third-order valence-corrected chi connectivity index (χ3v) is 20.5. The zero-order chi connectivity index (χ0) is 67.2. The lowest BCUT2D eigenvalue weighted by molar-refractivity contribution is -0.111. The Morgan fingerprint density at radius 1 is 0.702 bits per heavy atom. The van der Waals surface area contributed by atoms with Gasteiger partial charge in [-0.2, -0.15) is 9.97 Å². The first-order chi connectivity index (χ1) is 45.2. The number of piperidine rings is 2. The normalized spacial score (nSPS) is 17.7. The van der Waals surface area contributed by atoms with E-state index in [1.807, 2.05) is 67.5 Å². The van der Waals surface area contributed by atoms with Gasteiger partial charge in [-0.25, -0.2) is 24.7 Å². The maximum atomic E-state index is 13.3. The Hall–Kier alpha value is -8.41. The molecule has 12 rings (SSSR count). The number of carbonyl (C=O) groups excluding carboxylic acids is 4. The molecular weight excluding hydrogens is 1180 g/mol. The number of aldehydes is 2. The van der Waals surface area contributed by atoms with Gasteiger partial charge in [0, 0.05) is 120 Å². The number of aromatic nitrogens is 10. The molecule has 4 aliphatic rings. The average molecular weight is 1280 g/mol. The van der Waals surface area contributed by atoms with Crippen molar-refractivity contribution in [3.05, 3.63) is 112 Å². The van der Waals surface area contributed by atoms with E-state index in [-0.39, 0.29) is 47.5 Å². The topological polar surface area (TPSA) is 235 Å². The molecule has 1 spiro atoms. The Labute approximate surface area is 552 Å². The van der Waals surface area contributed by atoms with E-state index >= 15 is 0 Å². The van der Waals surface area contributed by atoms with Crippen LogP contribution in [0.1, 0.15) is 181 Å². The van der Waals surface area contributed by atoms with Crippen LogP contribution < -0.4 is 26.5 Å². The minimum Gasteiger partial charge on any atom is -0.369 e. The molecule has 94 heavy (non-hydrogen) atoms. The SMILES string of the molecule is CC(c1ccc(Nc2ncc3cc(C(=O)N(C)C)n(C4CCCC4)c3n2)nc1)N1CCC2(CC1)CN(c1cccc3c1n(C)c(=O)n3C(C=O)CCC=O)C2.CCC(C)n1c(C(=O)N(C)C)cc2cnc(Nc3ccc(C(C)N4CCC(C)(CC)CC4)cn3)nc21.CNC. The summed E-state index contributed by atoms with van der Waals surface area (Å²) in [6.45, 7) is 19.5. The third kappa shape index (κ3) is 14.3. The monoisotopic (exact) mass is 1280 g/mol. The van der Waals surface area contributed by atoms with Gasteiger partial charge in [0.15, 0.2) is 0 Å². The van der Waals surface area contributed by atoms with Crippen molar-refractivity contribution >= 4 is 86.7 Å². The molecule has 4 fully saturated rings. The van der Waals surface area contributed by atoms with Crippen LogP contribution in [0.4, 0.5) is 29.2 Å². The van der Waals surface area contributed by atoms with Gasteiger partial charge in [0.25, 0.3) is 11.8 Å². The van der Waals surface area contributed by atoms with Crippen LogP contribution in [0.25, 0.3) is 33.1 Å². The summed E-state index contributed by atoms with van der Waals surface area (Å²) in [6.07, 6.45) is 20.7. The van der Waals surface area contributed by atoms with Crippen LogP contribution in [0, 0.1) is 10.8 Å². The van der Waals surface area contributed by atoms with Crippen LogP contribution in [0.3, 0.4) is 0 Å². The number of nitrogens with one attached hydrogen (secondary N) is 3. The van der Waals surface area contributed by atoms with Crippen molar-refractivity contribution in [3.63, 3.8) is 0 Å². The molecule has 10 heterocycles. The molecule has 502 valence electrons. The van der Waals surface area contributed by atoms with Gasteiger partial charge in [0.1, 0.15) is 46.9 Å². The molecule has 4 atom stereocenters. The summed E-state index contributed by atoms with van der Waals surface area (Å²) in [5.74, 6) is 2.22. The maximum Gasteiger partial charge on any atom is 0.329 e. The predicted molar refractivity (Wildman–Crippen MR) is 373 cm³/mol. The molecule has 3 saturated heterocycles. The fourth-order valence-electron chi connectivity index (χ4n) is 14.1. The summed E-state index contributed by atoms with van der Waals surface area (Å²) in [7, 11) is 12.6. The van der Waals surface area contributed by atoms with Gasteiger partial charge in [0.05, 0.1) is 22.8 Å². The number of amides is 2. The number of hydrogen-bond donors (Lipinski definition) is 3. The molecule has 23 nitrogen and oxygen atoms in total. The molecule has 3 N–H and O–H groups in total.